The van der Waals surface area contributed by atoms with Crippen LogP contribution in [-0.4, -0.2) is 25.0 Å². The summed E-state index contributed by atoms with van der Waals surface area (Å²) in [7, 11) is 1.17. The molecule has 0 bridgehead atoms. The zero-order valence-corrected chi connectivity index (χ0v) is 17.6. The van der Waals surface area contributed by atoms with Gasteiger partial charge in [0.15, 0.2) is 0 Å². The molecule has 4 rings (SSSR count). The van der Waals surface area contributed by atoms with Gasteiger partial charge in [0.25, 0.3) is 5.91 Å². The highest BCUT2D eigenvalue weighted by atomic mass is 19.4. The van der Waals surface area contributed by atoms with Crippen LogP contribution < -0.4 is 5.32 Å². The van der Waals surface area contributed by atoms with Crippen molar-refractivity contribution in [1.82, 2.24) is 5.32 Å². The van der Waals surface area contributed by atoms with Gasteiger partial charge < -0.3 is 10.1 Å². The first kappa shape index (κ1) is 22.3. The molecule has 0 aliphatic carbocycles. The maximum absolute atomic E-state index is 13.4. The normalized spacial score (nSPS) is 12.5. The minimum Gasteiger partial charge on any atom is -0.467 e. The van der Waals surface area contributed by atoms with Crippen LogP contribution in [0.5, 0.6) is 0 Å². The fraction of sp³-hybridized carbons (Fsp3) is 0.154. The van der Waals surface area contributed by atoms with Crippen LogP contribution in [0.3, 0.4) is 0 Å². The average molecular weight is 451 g/mol. The summed E-state index contributed by atoms with van der Waals surface area (Å²) in [5.74, 6) is -1.74. The van der Waals surface area contributed by atoms with Crippen molar-refractivity contribution in [2.24, 2.45) is 0 Å². The lowest BCUT2D eigenvalue weighted by atomic mass is 9.92. The fourth-order valence-electron chi connectivity index (χ4n) is 4.03. The molecule has 4 aromatic rings. The van der Waals surface area contributed by atoms with Crippen LogP contribution in [0.15, 0.2) is 78.9 Å². The third-order valence-electron chi connectivity index (χ3n) is 5.56. The number of esters is 1. The summed E-state index contributed by atoms with van der Waals surface area (Å²) < 4.78 is 45.1. The predicted octanol–water partition coefficient (Wildman–Crippen LogP) is 5.53. The predicted molar refractivity (Wildman–Crippen MR) is 120 cm³/mol. The molecular weight excluding hydrogens is 431 g/mol. The molecule has 4 aromatic carbocycles. The monoisotopic (exact) mass is 451 g/mol. The SMILES string of the molecule is COC(=O)[C@H](Cc1c2ccccc2cc2ccccc12)NC(=O)c1ccccc1C(F)(F)F. The van der Waals surface area contributed by atoms with E-state index in [1.165, 1.54) is 19.2 Å². The molecule has 1 N–H and O–H groups in total. The van der Waals surface area contributed by atoms with Crippen molar-refractivity contribution in [2.45, 2.75) is 18.6 Å². The van der Waals surface area contributed by atoms with E-state index in [4.69, 9.17) is 4.74 Å². The number of carbonyl (C=O) groups is 2. The molecule has 0 radical (unpaired) electrons. The number of halogens is 3. The molecule has 7 heteroatoms. The Bertz CT molecular complexity index is 1290. The van der Waals surface area contributed by atoms with Gasteiger partial charge in [0.05, 0.1) is 18.2 Å². The van der Waals surface area contributed by atoms with E-state index in [0.29, 0.717) is 0 Å². The summed E-state index contributed by atoms with van der Waals surface area (Å²) in [6.45, 7) is 0. The number of rotatable bonds is 5. The van der Waals surface area contributed by atoms with Gasteiger partial charge in [0, 0.05) is 6.42 Å². The third kappa shape index (κ3) is 4.53. The Morgan fingerprint density at radius 3 is 2.00 bits per heavy atom. The van der Waals surface area contributed by atoms with Crippen LogP contribution in [0.25, 0.3) is 21.5 Å². The lowest BCUT2D eigenvalue weighted by molar-refractivity contribution is -0.142. The lowest BCUT2D eigenvalue weighted by Crippen LogP contribution is -2.43. The Hall–Kier alpha value is -3.87. The van der Waals surface area contributed by atoms with E-state index in [1.807, 2.05) is 54.6 Å². The second-order valence-corrected chi connectivity index (χ2v) is 7.59. The fourth-order valence-corrected chi connectivity index (χ4v) is 4.03. The van der Waals surface area contributed by atoms with Gasteiger partial charge in [-0.05, 0) is 45.3 Å². The largest absolute Gasteiger partial charge is 0.467 e. The van der Waals surface area contributed by atoms with Gasteiger partial charge in [0.1, 0.15) is 6.04 Å². The number of ether oxygens (including phenoxy) is 1. The molecule has 1 atom stereocenters. The summed E-state index contributed by atoms with van der Waals surface area (Å²) >= 11 is 0. The van der Waals surface area contributed by atoms with E-state index in [9.17, 15) is 22.8 Å². The number of fused-ring (bicyclic) bond motifs is 2. The number of methoxy groups -OCH3 is 1. The van der Waals surface area contributed by atoms with Gasteiger partial charge in [0.2, 0.25) is 0 Å². The number of benzene rings is 4. The molecule has 0 fully saturated rings. The molecule has 1 amide bonds. The van der Waals surface area contributed by atoms with E-state index in [2.05, 4.69) is 5.32 Å². The number of hydrogen-bond donors (Lipinski definition) is 1. The first-order valence-corrected chi connectivity index (χ1v) is 10.2. The number of carbonyl (C=O) groups excluding carboxylic acids is 2. The second-order valence-electron chi connectivity index (χ2n) is 7.59. The van der Waals surface area contributed by atoms with Gasteiger partial charge in [-0.2, -0.15) is 13.2 Å². The highest BCUT2D eigenvalue weighted by Gasteiger charge is 2.35. The molecule has 33 heavy (non-hydrogen) atoms. The summed E-state index contributed by atoms with van der Waals surface area (Å²) in [5, 5.41) is 6.12. The molecular formula is C26H20F3NO3. The van der Waals surface area contributed by atoms with Crippen LogP contribution in [0.1, 0.15) is 21.5 Å². The molecule has 168 valence electrons. The number of alkyl halides is 3. The number of amides is 1. The molecule has 0 saturated carbocycles. The highest BCUT2D eigenvalue weighted by molar-refractivity contribution is 6.03. The van der Waals surface area contributed by atoms with E-state index >= 15 is 0 Å². The Morgan fingerprint density at radius 2 is 1.42 bits per heavy atom. The highest BCUT2D eigenvalue weighted by Crippen LogP contribution is 2.32. The summed E-state index contributed by atoms with van der Waals surface area (Å²) in [4.78, 5) is 25.4. The second kappa shape index (κ2) is 8.94. The standard InChI is InChI=1S/C26H20F3NO3/c1-33-25(32)23(30-24(31)20-12-6-7-13-22(20)26(27,28)29)15-21-18-10-4-2-8-16(18)14-17-9-3-5-11-19(17)21/h2-14,23H,15H2,1H3,(H,30,31)/t23-/m0/s1. The third-order valence-corrected chi connectivity index (χ3v) is 5.56. The van der Waals surface area contributed by atoms with Crippen LogP contribution >= 0.6 is 0 Å². The van der Waals surface area contributed by atoms with Gasteiger partial charge in [-0.25, -0.2) is 4.79 Å². The Morgan fingerprint density at radius 1 is 0.879 bits per heavy atom. The Balaban J connectivity index is 1.76. The number of nitrogens with one attached hydrogen (secondary N) is 1. The molecule has 0 heterocycles. The van der Waals surface area contributed by atoms with Crippen molar-refractivity contribution < 1.29 is 27.5 Å². The van der Waals surface area contributed by atoms with Crippen molar-refractivity contribution >= 4 is 33.4 Å². The Kier molecular flexibility index (Phi) is 6.05. The van der Waals surface area contributed by atoms with Crippen molar-refractivity contribution in [3.63, 3.8) is 0 Å². The van der Waals surface area contributed by atoms with Crippen LogP contribution in [-0.2, 0) is 22.1 Å². The van der Waals surface area contributed by atoms with E-state index < -0.39 is 35.2 Å². The van der Waals surface area contributed by atoms with Crippen molar-refractivity contribution in [3.05, 3.63) is 95.6 Å². The lowest BCUT2D eigenvalue weighted by Gasteiger charge is -2.20. The van der Waals surface area contributed by atoms with Gasteiger partial charge in [-0.15, -0.1) is 0 Å². The van der Waals surface area contributed by atoms with Gasteiger partial charge in [-0.3, -0.25) is 4.79 Å². The summed E-state index contributed by atoms with van der Waals surface area (Å²) in [5.41, 5.74) is -0.827. The first-order chi connectivity index (χ1) is 15.8. The van der Waals surface area contributed by atoms with Crippen molar-refractivity contribution in [1.29, 1.82) is 0 Å². The summed E-state index contributed by atoms with van der Waals surface area (Å²) in [6.07, 6.45) is -4.66. The minimum atomic E-state index is -4.71. The van der Waals surface area contributed by atoms with E-state index in [1.54, 1.807) is 0 Å². The maximum atomic E-state index is 13.4. The smallest absolute Gasteiger partial charge is 0.417 e. The molecule has 0 spiro atoms. The van der Waals surface area contributed by atoms with Gasteiger partial charge >= 0.3 is 12.1 Å². The zero-order chi connectivity index (χ0) is 23.6. The zero-order valence-electron chi connectivity index (χ0n) is 17.6. The van der Waals surface area contributed by atoms with E-state index in [-0.39, 0.29) is 6.42 Å². The topological polar surface area (TPSA) is 55.4 Å². The van der Waals surface area contributed by atoms with Gasteiger partial charge in [-0.1, -0.05) is 60.7 Å². The van der Waals surface area contributed by atoms with Crippen LogP contribution in [0, 0.1) is 0 Å². The average Bonchev–Trinajstić information content (AvgIpc) is 2.82. The van der Waals surface area contributed by atoms with Crippen molar-refractivity contribution in [3.8, 4) is 0 Å². The molecule has 0 aliphatic heterocycles. The Labute approximate surface area is 188 Å². The molecule has 4 nitrogen and oxygen atoms in total. The molecule has 0 unspecified atom stereocenters. The molecule has 0 aliphatic rings. The van der Waals surface area contributed by atoms with Crippen molar-refractivity contribution in [2.75, 3.05) is 7.11 Å². The van der Waals surface area contributed by atoms with Crippen LogP contribution in [0.2, 0.25) is 0 Å². The quantitative estimate of drug-likeness (QED) is 0.321. The minimum absolute atomic E-state index is 0.0501. The summed E-state index contributed by atoms with van der Waals surface area (Å²) in [6, 6.07) is 20.5. The first-order valence-electron chi connectivity index (χ1n) is 10.2. The molecule has 0 aromatic heterocycles. The number of hydrogen-bond acceptors (Lipinski definition) is 3. The van der Waals surface area contributed by atoms with E-state index in [0.717, 1.165) is 39.2 Å². The van der Waals surface area contributed by atoms with Crippen LogP contribution in [0.4, 0.5) is 13.2 Å². The maximum Gasteiger partial charge on any atom is 0.417 e. The molecule has 0 saturated heterocycles.